The SMILES string of the molecule is CN1CCN(Cc2ccc(-c3nc4c([nH]3)CC(F)N4C)cc2)CC1. The zero-order valence-electron chi connectivity index (χ0n) is 14.3. The molecule has 1 aromatic heterocycles. The maximum atomic E-state index is 13.6. The van der Waals surface area contributed by atoms with Crippen molar-refractivity contribution in [3.05, 3.63) is 35.5 Å². The van der Waals surface area contributed by atoms with Gasteiger partial charge in [-0.25, -0.2) is 9.37 Å². The number of halogens is 1. The third kappa shape index (κ3) is 2.91. The summed E-state index contributed by atoms with van der Waals surface area (Å²) in [5.41, 5.74) is 3.26. The van der Waals surface area contributed by atoms with Crippen LogP contribution in [-0.4, -0.2) is 66.3 Å². The summed E-state index contributed by atoms with van der Waals surface area (Å²) < 4.78 is 13.6. The van der Waals surface area contributed by atoms with Gasteiger partial charge in [-0.15, -0.1) is 0 Å². The molecule has 0 spiro atoms. The number of hydrogen-bond acceptors (Lipinski definition) is 4. The van der Waals surface area contributed by atoms with Crippen LogP contribution in [0.3, 0.4) is 0 Å². The van der Waals surface area contributed by atoms with Crippen molar-refractivity contribution in [2.75, 3.05) is 45.2 Å². The lowest BCUT2D eigenvalue weighted by Gasteiger charge is -2.32. The minimum atomic E-state index is -0.959. The van der Waals surface area contributed by atoms with Crippen LogP contribution in [0.15, 0.2) is 24.3 Å². The fourth-order valence-corrected chi connectivity index (χ4v) is 3.44. The summed E-state index contributed by atoms with van der Waals surface area (Å²) in [6.45, 7) is 5.52. The van der Waals surface area contributed by atoms with Crippen molar-refractivity contribution in [2.24, 2.45) is 0 Å². The predicted octanol–water partition coefficient (Wildman–Crippen LogP) is 2.11. The lowest BCUT2D eigenvalue weighted by Crippen LogP contribution is -2.43. The number of likely N-dealkylation sites (N-methyl/N-ethyl adjacent to an activating group) is 2. The maximum absolute atomic E-state index is 13.6. The standard InChI is InChI=1S/C18H24FN5/c1-22-7-9-24(10-8-22)12-13-3-5-14(6-4-13)17-20-15-11-16(19)23(2)18(15)21-17/h3-6,16H,7-12H2,1-2H3,(H,20,21). The molecule has 6 heteroatoms. The fourth-order valence-electron chi connectivity index (χ4n) is 3.44. The van der Waals surface area contributed by atoms with Crippen molar-refractivity contribution in [3.63, 3.8) is 0 Å². The molecule has 5 nitrogen and oxygen atoms in total. The summed E-state index contributed by atoms with van der Waals surface area (Å²) >= 11 is 0. The van der Waals surface area contributed by atoms with Crippen LogP contribution in [0, 0.1) is 0 Å². The normalized spacial score (nSPS) is 22.1. The van der Waals surface area contributed by atoms with Gasteiger partial charge in [-0.2, -0.15) is 0 Å². The second kappa shape index (κ2) is 6.18. The third-order valence-corrected chi connectivity index (χ3v) is 5.11. The number of anilines is 1. The Labute approximate surface area is 142 Å². The van der Waals surface area contributed by atoms with Crippen LogP contribution in [0.25, 0.3) is 11.4 Å². The lowest BCUT2D eigenvalue weighted by atomic mass is 10.1. The molecule has 3 heterocycles. The molecule has 1 N–H and O–H groups in total. The van der Waals surface area contributed by atoms with Crippen molar-refractivity contribution in [1.82, 2.24) is 19.8 Å². The molecule has 1 aromatic carbocycles. The van der Waals surface area contributed by atoms with Crippen molar-refractivity contribution in [2.45, 2.75) is 19.3 Å². The average Bonchev–Trinajstić information content (AvgIpc) is 3.11. The van der Waals surface area contributed by atoms with E-state index in [1.54, 1.807) is 11.9 Å². The first kappa shape index (κ1) is 15.6. The molecule has 0 amide bonds. The highest BCUT2D eigenvalue weighted by atomic mass is 19.1. The number of nitrogens with zero attached hydrogens (tertiary/aromatic N) is 4. The van der Waals surface area contributed by atoms with Crippen molar-refractivity contribution in [3.8, 4) is 11.4 Å². The molecule has 0 saturated carbocycles. The number of imidazole rings is 1. The average molecular weight is 329 g/mol. The summed E-state index contributed by atoms with van der Waals surface area (Å²) in [6.07, 6.45) is -0.570. The van der Waals surface area contributed by atoms with E-state index in [9.17, 15) is 4.39 Å². The zero-order chi connectivity index (χ0) is 16.7. The van der Waals surface area contributed by atoms with Gasteiger partial charge in [0.1, 0.15) is 5.82 Å². The van der Waals surface area contributed by atoms with Crippen LogP contribution in [0.4, 0.5) is 10.2 Å². The second-order valence-electron chi connectivity index (χ2n) is 6.91. The number of H-pyrrole nitrogens is 1. The molecule has 2 aliphatic heterocycles. The molecule has 1 unspecified atom stereocenters. The molecule has 24 heavy (non-hydrogen) atoms. The van der Waals surface area contributed by atoms with Gasteiger partial charge in [-0.05, 0) is 12.6 Å². The topological polar surface area (TPSA) is 38.4 Å². The lowest BCUT2D eigenvalue weighted by molar-refractivity contribution is 0.148. The van der Waals surface area contributed by atoms with Gasteiger partial charge in [0.15, 0.2) is 12.1 Å². The van der Waals surface area contributed by atoms with E-state index in [1.165, 1.54) is 5.56 Å². The molecule has 1 atom stereocenters. The number of aromatic nitrogens is 2. The molecule has 1 fully saturated rings. The van der Waals surface area contributed by atoms with E-state index in [1.807, 2.05) is 0 Å². The highest BCUT2D eigenvalue weighted by Gasteiger charge is 2.29. The smallest absolute Gasteiger partial charge is 0.179 e. The van der Waals surface area contributed by atoms with Gasteiger partial charge >= 0.3 is 0 Å². The first-order valence-electron chi connectivity index (χ1n) is 8.56. The molecular weight excluding hydrogens is 305 g/mol. The second-order valence-corrected chi connectivity index (χ2v) is 6.91. The van der Waals surface area contributed by atoms with Gasteiger partial charge in [0, 0.05) is 51.8 Å². The van der Waals surface area contributed by atoms with E-state index in [0.29, 0.717) is 6.42 Å². The summed E-state index contributed by atoms with van der Waals surface area (Å²) in [4.78, 5) is 14.3. The van der Waals surface area contributed by atoms with Crippen molar-refractivity contribution >= 4 is 5.82 Å². The Hall–Kier alpha value is -1.92. The number of rotatable bonds is 3. The quantitative estimate of drug-likeness (QED) is 0.876. The van der Waals surface area contributed by atoms with Gasteiger partial charge in [0.05, 0.1) is 5.69 Å². The number of nitrogens with one attached hydrogen (secondary N) is 1. The molecule has 1 saturated heterocycles. The van der Waals surface area contributed by atoms with Gasteiger partial charge in [0.2, 0.25) is 0 Å². The first-order chi connectivity index (χ1) is 11.6. The molecule has 128 valence electrons. The van der Waals surface area contributed by atoms with Gasteiger partial charge in [-0.1, -0.05) is 24.3 Å². The summed E-state index contributed by atoms with van der Waals surface area (Å²) in [5.74, 6) is 1.56. The highest BCUT2D eigenvalue weighted by Crippen LogP contribution is 2.32. The molecule has 0 bridgehead atoms. The maximum Gasteiger partial charge on any atom is 0.179 e. The van der Waals surface area contributed by atoms with Crippen LogP contribution >= 0.6 is 0 Å². The number of fused-ring (bicyclic) bond motifs is 1. The number of benzene rings is 1. The van der Waals surface area contributed by atoms with Gasteiger partial charge < -0.3 is 14.8 Å². The summed E-state index contributed by atoms with van der Waals surface area (Å²) in [7, 11) is 3.93. The zero-order valence-corrected chi connectivity index (χ0v) is 14.3. The van der Waals surface area contributed by atoms with E-state index >= 15 is 0 Å². The third-order valence-electron chi connectivity index (χ3n) is 5.11. The summed E-state index contributed by atoms with van der Waals surface area (Å²) in [6, 6.07) is 8.55. The number of aromatic amines is 1. The van der Waals surface area contributed by atoms with Gasteiger partial charge in [-0.3, -0.25) is 4.90 Å². The van der Waals surface area contributed by atoms with Crippen LogP contribution in [-0.2, 0) is 13.0 Å². The minimum absolute atomic E-state index is 0.389. The monoisotopic (exact) mass is 329 g/mol. The largest absolute Gasteiger partial charge is 0.340 e. The first-order valence-corrected chi connectivity index (χ1v) is 8.56. The number of alkyl halides is 1. The molecule has 0 aliphatic carbocycles. The van der Waals surface area contributed by atoms with Gasteiger partial charge in [0.25, 0.3) is 0 Å². The van der Waals surface area contributed by atoms with Crippen LogP contribution in [0.5, 0.6) is 0 Å². The fraction of sp³-hybridized carbons (Fsp3) is 0.500. The molecule has 2 aliphatic rings. The Kier molecular flexibility index (Phi) is 4.02. The Morgan fingerprint density at radius 1 is 1.12 bits per heavy atom. The minimum Gasteiger partial charge on any atom is -0.340 e. The number of piperazine rings is 1. The Balaban J connectivity index is 1.45. The Morgan fingerprint density at radius 3 is 2.50 bits per heavy atom. The number of hydrogen-bond donors (Lipinski definition) is 1. The van der Waals surface area contributed by atoms with Crippen LogP contribution in [0.2, 0.25) is 0 Å². The van der Waals surface area contributed by atoms with Crippen LogP contribution < -0.4 is 4.90 Å². The molecule has 4 rings (SSSR count). The van der Waals surface area contributed by atoms with Crippen molar-refractivity contribution < 1.29 is 4.39 Å². The highest BCUT2D eigenvalue weighted by molar-refractivity contribution is 5.62. The van der Waals surface area contributed by atoms with E-state index < -0.39 is 6.30 Å². The van der Waals surface area contributed by atoms with E-state index in [2.05, 4.69) is 51.1 Å². The van der Waals surface area contributed by atoms with Crippen molar-refractivity contribution in [1.29, 1.82) is 0 Å². The molecule has 0 radical (unpaired) electrons. The van der Waals surface area contributed by atoms with E-state index in [4.69, 9.17) is 0 Å². The predicted molar refractivity (Wildman–Crippen MR) is 93.8 cm³/mol. The summed E-state index contributed by atoms with van der Waals surface area (Å²) in [5, 5.41) is 0. The van der Waals surface area contributed by atoms with E-state index in [0.717, 1.165) is 55.6 Å². The molecule has 2 aromatic rings. The van der Waals surface area contributed by atoms with Crippen LogP contribution in [0.1, 0.15) is 11.3 Å². The molecular formula is C18H24FN5. The Morgan fingerprint density at radius 2 is 1.83 bits per heavy atom. The van der Waals surface area contributed by atoms with E-state index in [-0.39, 0.29) is 0 Å². The Bertz CT molecular complexity index is 703.